The van der Waals surface area contributed by atoms with Gasteiger partial charge in [-0.2, -0.15) is 0 Å². The Labute approximate surface area is 184 Å². The second kappa shape index (κ2) is 22.2. The Kier molecular flexibility index (Phi) is 21.8. The van der Waals surface area contributed by atoms with E-state index in [9.17, 15) is 4.79 Å². The van der Waals surface area contributed by atoms with Gasteiger partial charge in [0.05, 0.1) is 0 Å². The van der Waals surface area contributed by atoms with Gasteiger partial charge in [0.1, 0.15) is 0 Å². The second-order valence-electron chi connectivity index (χ2n) is 9.28. The van der Waals surface area contributed by atoms with E-state index in [2.05, 4.69) is 20.8 Å². The van der Waals surface area contributed by atoms with Gasteiger partial charge in [-0.15, -0.1) is 0 Å². The molecule has 1 unspecified atom stereocenters. The maximum atomic E-state index is 12.7. The molecule has 0 fully saturated rings. The molecule has 0 spiro atoms. The smallest absolute Gasteiger partial charge is 0.225 e. The minimum absolute atomic E-state index is 0.272. The van der Waals surface area contributed by atoms with Crippen LogP contribution in [0.2, 0.25) is 0 Å². The summed E-state index contributed by atoms with van der Waals surface area (Å²) in [5.41, 5.74) is 0. The fraction of sp³-hybridized carbons (Fsp3) is 0.963. The van der Waals surface area contributed by atoms with Crippen LogP contribution < -0.4 is 0 Å². The molecule has 0 aliphatic rings. The lowest BCUT2D eigenvalue weighted by atomic mass is 9.92. The van der Waals surface area contributed by atoms with Gasteiger partial charge in [0, 0.05) is 19.5 Å². The zero-order chi connectivity index (χ0) is 21.6. The van der Waals surface area contributed by atoms with Gasteiger partial charge in [-0.05, 0) is 19.8 Å². The van der Waals surface area contributed by atoms with Gasteiger partial charge in [0.25, 0.3) is 0 Å². The normalized spacial score (nSPS) is 12.3. The van der Waals surface area contributed by atoms with E-state index in [1.807, 2.05) is 11.9 Å². The molecule has 29 heavy (non-hydrogen) atoms. The van der Waals surface area contributed by atoms with E-state index in [4.69, 9.17) is 0 Å². The molecular formula is C27H55NO. The van der Waals surface area contributed by atoms with Crippen molar-refractivity contribution in [1.29, 1.82) is 0 Å². The summed E-state index contributed by atoms with van der Waals surface area (Å²) in [6, 6.07) is 0. The van der Waals surface area contributed by atoms with Crippen LogP contribution in [0.25, 0.3) is 0 Å². The predicted molar refractivity (Wildman–Crippen MR) is 130 cm³/mol. The van der Waals surface area contributed by atoms with Crippen LogP contribution in [0.1, 0.15) is 149 Å². The summed E-state index contributed by atoms with van der Waals surface area (Å²) in [6.45, 7) is 7.49. The lowest BCUT2D eigenvalue weighted by Gasteiger charge is -2.23. The van der Waals surface area contributed by atoms with E-state index in [-0.39, 0.29) is 5.92 Å². The molecule has 174 valence electrons. The number of hydrogen-bond acceptors (Lipinski definition) is 1. The molecule has 0 rings (SSSR count). The molecule has 2 nitrogen and oxygen atoms in total. The average molecular weight is 410 g/mol. The first-order valence-corrected chi connectivity index (χ1v) is 13.4. The zero-order valence-corrected chi connectivity index (χ0v) is 20.8. The molecule has 1 amide bonds. The van der Waals surface area contributed by atoms with E-state index in [1.54, 1.807) is 0 Å². The molecular weight excluding hydrogens is 354 g/mol. The molecule has 0 bridgehead atoms. The predicted octanol–water partition coefficient (Wildman–Crippen LogP) is 8.92. The van der Waals surface area contributed by atoms with Gasteiger partial charge in [-0.25, -0.2) is 0 Å². The summed E-state index contributed by atoms with van der Waals surface area (Å²) in [7, 11) is 1.97. The largest absolute Gasteiger partial charge is 0.346 e. The molecule has 0 heterocycles. The molecule has 0 aromatic heterocycles. The third kappa shape index (κ3) is 18.0. The van der Waals surface area contributed by atoms with Crippen LogP contribution in [0.5, 0.6) is 0 Å². The number of unbranched alkanes of at least 4 members (excludes halogenated alkanes) is 16. The van der Waals surface area contributed by atoms with Gasteiger partial charge in [0.15, 0.2) is 0 Å². The summed E-state index contributed by atoms with van der Waals surface area (Å²) in [5, 5.41) is 0. The minimum atomic E-state index is 0.272. The summed E-state index contributed by atoms with van der Waals surface area (Å²) >= 11 is 0. The van der Waals surface area contributed by atoms with Crippen molar-refractivity contribution in [3.8, 4) is 0 Å². The summed E-state index contributed by atoms with van der Waals surface area (Å²) in [5.74, 6) is 0.667. The van der Waals surface area contributed by atoms with Gasteiger partial charge < -0.3 is 4.90 Å². The Morgan fingerprint density at radius 2 is 0.862 bits per heavy atom. The van der Waals surface area contributed by atoms with Gasteiger partial charge in [-0.3, -0.25) is 4.79 Å². The Hall–Kier alpha value is -0.530. The Morgan fingerprint density at radius 3 is 1.17 bits per heavy atom. The van der Waals surface area contributed by atoms with E-state index >= 15 is 0 Å². The van der Waals surface area contributed by atoms with Crippen molar-refractivity contribution in [1.82, 2.24) is 4.90 Å². The lowest BCUT2D eigenvalue weighted by molar-refractivity contribution is -0.134. The van der Waals surface area contributed by atoms with E-state index in [1.165, 1.54) is 116 Å². The van der Waals surface area contributed by atoms with Crippen LogP contribution in [-0.4, -0.2) is 24.4 Å². The first kappa shape index (κ1) is 28.5. The first-order valence-electron chi connectivity index (χ1n) is 13.4. The summed E-state index contributed by atoms with van der Waals surface area (Å²) in [6.07, 6.45) is 26.7. The van der Waals surface area contributed by atoms with Crippen molar-refractivity contribution in [3.63, 3.8) is 0 Å². The Balaban J connectivity index is 3.88. The van der Waals surface area contributed by atoms with Crippen molar-refractivity contribution in [2.45, 2.75) is 149 Å². The topological polar surface area (TPSA) is 20.3 Å². The Morgan fingerprint density at radius 1 is 0.552 bits per heavy atom. The van der Waals surface area contributed by atoms with Crippen LogP contribution in [-0.2, 0) is 4.79 Å². The highest BCUT2D eigenvalue weighted by molar-refractivity contribution is 5.78. The number of rotatable bonds is 22. The third-order valence-corrected chi connectivity index (χ3v) is 6.51. The third-order valence-electron chi connectivity index (χ3n) is 6.51. The van der Waals surface area contributed by atoms with Gasteiger partial charge in [-0.1, -0.05) is 129 Å². The SMILES string of the molecule is CCCCCCCCCCCCC(CCCCCCCCCC)C(=O)N(C)CC. The van der Waals surface area contributed by atoms with Crippen molar-refractivity contribution >= 4 is 5.91 Å². The molecule has 0 saturated carbocycles. The highest BCUT2D eigenvalue weighted by Gasteiger charge is 2.20. The standard InChI is InChI=1S/C27H55NO/c1-5-8-10-12-14-16-17-19-21-23-25-26(27(29)28(4)7-3)24-22-20-18-15-13-11-9-6-2/h26H,5-25H2,1-4H3. The number of carbonyl (C=O) groups is 1. The van der Waals surface area contributed by atoms with Crippen molar-refractivity contribution in [3.05, 3.63) is 0 Å². The molecule has 0 radical (unpaired) electrons. The van der Waals surface area contributed by atoms with E-state index in [0.29, 0.717) is 5.91 Å². The van der Waals surface area contributed by atoms with Gasteiger partial charge >= 0.3 is 0 Å². The van der Waals surface area contributed by atoms with E-state index in [0.717, 1.165) is 19.4 Å². The molecule has 2 heteroatoms. The van der Waals surface area contributed by atoms with Crippen LogP contribution in [0, 0.1) is 5.92 Å². The quantitative estimate of drug-likeness (QED) is 0.163. The number of amides is 1. The van der Waals surface area contributed by atoms with Crippen LogP contribution in [0.4, 0.5) is 0 Å². The van der Waals surface area contributed by atoms with Crippen molar-refractivity contribution < 1.29 is 4.79 Å². The van der Waals surface area contributed by atoms with Gasteiger partial charge in [0.2, 0.25) is 5.91 Å². The molecule has 1 atom stereocenters. The fourth-order valence-corrected chi connectivity index (χ4v) is 4.26. The Bertz CT molecular complexity index is 341. The average Bonchev–Trinajstić information content (AvgIpc) is 2.74. The molecule has 0 aromatic rings. The first-order chi connectivity index (χ1) is 14.2. The minimum Gasteiger partial charge on any atom is -0.346 e. The lowest BCUT2D eigenvalue weighted by Crippen LogP contribution is -2.32. The number of carbonyl (C=O) groups excluding carboxylic acids is 1. The fourth-order valence-electron chi connectivity index (χ4n) is 4.26. The molecule has 0 aromatic carbocycles. The van der Waals surface area contributed by atoms with Crippen LogP contribution in [0.3, 0.4) is 0 Å². The number of hydrogen-bond donors (Lipinski definition) is 0. The zero-order valence-electron chi connectivity index (χ0n) is 20.8. The number of nitrogens with zero attached hydrogens (tertiary/aromatic N) is 1. The maximum absolute atomic E-state index is 12.7. The molecule has 0 N–H and O–H groups in total. The maximum Gasteiger partial charge on any atom is 0.225 e. The van der Waals surface area contributed by atoms with Crippen LogP contribution >= 0.6 is 0 Å². The molecule has 0 saturated heterocycles. The van der Waals surface area contributed by atoms with Crippen molar-refractivity contribution in [2.24, 2.45) is 5.92 Å². The van der Waals surface area contributed by atoms with Crippen LogP contribution in [0.15, 0.2) is 0 Å². The summed E-state index contributed by atoms with van der Waals surface area (Å²) < 4.78 is 0. The second-order valence-corrected chi connectivity index (χ2v) is 9.28. The monoisotopic (exact) mass is 409 g/mol. The van der Waals surface area contributed by atoms with E-state index < -0.39 is 0 Å². The molecule has 0 aliphatic heterocycles. The highest BCUT2D eigenvalue weighted by Crippen LogP contribution is 2.21. The summed E-state index contributed by atoms with van der Waals surface area (Å²) in [4.78, 5) is 14.7. The highest BCUT2D eigenvalue weighted by atomic mass is 16.2. The van der Waals surface area contributed by atoms with Crippen molar-refractivity contribution in [2.75, 3.05) is 13.6 Å². The molecule has 0 aliphatic carbocycles.